The Bertz CT molecular complexity index is 1730. The standard InChI is InChI=1S/C43H46N2/c1-5-6-7-8-9-13-26-38-29-39(27-32(2)42(38)36-22-16-11-17-23-36)44-31-34(4)45-40-28-33(3)43(37-24-18-12-19-25-37)41(30-40)35-20-14-10-15-21-35/h10-12,14-25,27-31H,5-9,13,26H2,1-4H3. The maximum absolute atomic E-state index is 5.02. The Morgan fingerprint density at radius 3 is 1.76 bits per heavy atom. The monoisotopic (exact) mass is 590 g/mol. The van der Waals surface area contributed by atoms with Gasteiger partial charge in [0.15, 0.2) is 0 Å². The predicted octanol–water partition coefficient (Wildman–Crippen LogP) is 12.7. The minimum atomic E-state index is 0.878. The molecule has 0 aliphatic rings. The zero-order valence-corrected chi connectivity index (χ0v) is 27.4. The maximum atomic E-state index is 5.02. The summed E-state index contributed by atoms with van der Waals surface area (Å²) in [4.78, 5) is 9.96. The maximum Gasteiger partial charge on any atom is 0.0642 e. The number of unbranched alkanes of at least 4 members (excludes halogenated alkanes) is 5. The second-order valence-electron chi connectivity index (χ2n) is 12.1. The van der Waals surface area contributed by atoms with Crippen LogP contribution in [0.15, 0.2) is 125 Å². The van der Waals surface area contributed by atoms with Gasteiger partial charge in [0, 0.05) is 6.21 Å². The fourth-order valence-electron chi connectivity index (χ4n) is 6.29. The van der Waals surface area contributed by atoms with Gasteiger partial charge in [-0.25, -0.2) is 0 Å². The summed E-state index contributed by atoms with van der Waals surface area (Å²) in [5.41, 5.74) is 14.2. The quantitative estimate of drug-likeness (QED) is 0.0962. The van der Waals surface area contributed by atoms with E-state index in [1.807, 2.05) is 13.1 Å². The number of aliphatic imine (C=N–C) groups is 2. The van der Waals surface area contributed by atoms with Gasteiger partial charge in [-0.2, -0.15) is 0 Å². The molecule has 0 saturated heterocycles. The van der Waals surface area contributed by atoms with Crippen molar-refractivity contribution in [3.8, 4) is 33.4 Å². The van der Waals surface area contributed by atoms with E-state index in [4.69, 9.17) is 9.98 Å². The SMILES string of the molecule is CCCCCCCCc1cc(N=CC(C)=Nc2cc(C)c(-c3ccccc3)c(-c3ccccc3)c2)cc(C)c1-c1ccccc1. The smallest absolute Gasteiger partial charge is 0.0642 e. The van der Waals surface area contributed by atoms with Crippen LogP contribution in [-0.4, -0.2) is 11.9 Å². The fraction of sp³-hybridized carbons (Fsp3) is 0.256. The molecule has 0 atom stereocenters. The van der Waals surface area contributed by atoms with E-state index < -0.39 is 0 Å². The van der Waals surface area contributed by atoms with Crippen LogP contribution in [0.25, 0.3) is 33.4 Å². The molecule has 5 rings (SSSR count). The van der Waals surface area contributed by atoms with Crippen molar-refractivity contribution in [1.29, 1.82) is 0 Å². The largest absolute Gasteiger partial charge is 0.255 e. The minimum Gasteiger partial charge on any atom is -0.255 e. The average molecular weight is 591 g/mol. The summed E-state index contributed by atoms with van der Waals surface area (Å²) in [6, 6.07) is 40.9. The van der Waals surface area contributed by atoms with E-state index in [2.05, 4.69) is 136 Å². The number of rotatable bonds is 13. The summed E-state index contributed by atoms with van der Waals surface area (Å²) >= 11 is 0. The van der Waals surface area contributed by atoms with Gasteiger partial charge in [-0.1, -0.05) is 130 Å². The Morgan fingerprint density at radius 1 is 0.578 bits per heavy atom. The molecule has 228 valence electrons. The van der Waals surface area contributed by atoms with Gasteiger partial charge in [0.1, 0.15) is 0 Å². The van der Waals surface area contributed by atoms with Gasteiger partial charge in [0.05, 0.1) is 17.1 Å². The molecule has 0 saturated carbocycles. The first-order valence-corrected chi connectivity index (χ1v) is 16.6. The number of nitrogens with zero attached hydrogens (tertiary/aromatic N) is 2. The second-order valence-corrected chi connectivity index (χ2v) is 12.1. The predicted molar refractivity (Wildman–Crippen MR) is 197 cm³/mol. The fourth-order valence-corrected chi connectivity index (χ4v) is 6.29. The lowest BCUT2D eigenvalue weighted by Crippen LogP contribution is -1.96. The van der Waals surface area contributed by atoms with Crippen molar-refractivity contribution < 1.29 is 0 Å². The van der Waals surface area contributed by atoms with Gasteiger partial charge < -0.3 is 0 Å². The molecule has 0 N–H and O–H groups in total. The number of hydrogen-bond donors (Lipinski definition) is 0. The summed E-state index contributed by atoms with van der Waals surface area (Å²) in [7, 11) is 0. The molecule has 5 aromatic carbocycles. The Labute approximate surface area is 270 Å². The van der Waals surface area contributed by atoms with Crippen molar-refractivity contribution in [2.45, 2.75) is 72.6 Å². The summed E-state index contributed by atoms with van der Waals surface area (Å²) in [6.45, 7) is 8.71. The molecule has 0 aromatic heterocycles. The van der Waals surface area contributed by atoms with E-state index in [-0.39, 0.29) is 0 Å². The van der Waals surface area contributed by atoms with Crippen molar-refractivity contribution in [2.24, 2.45) is 9.98 Å². The van der Waals surface area contributed by atoms with E-state index in [0.717, 1.165) is 23.5 Å². The van der Waals surface area contributed by atoms with Crippen LogP contribution < -0.4 is 0 Å². The van der Waals surface area contributed by atoms with Gasteiger partial charge in [0.2, 0.25) is 0 Å². The zero-order valence-electron chi connectivity index (χ0n) is 27.4. The van der Waals surface area contributed by atoms with E-state index in [0.29, 0.717) is 0 Å². The highest BCUT2D eigenvalue weighted by molar-refractivity contribution is 6.30. The highest BCUT2D eigenvalue weighted by atomic mass is 14.8. The van der Waals surface area contributed by atoms with Gasteiger partial charge in [-0.15, -0.1) is 0 Å². The summed E-state index contributed by atoms with van der Waals surface area (Å²) in [6.07, 6.45) is 10.7. The van der Waals surface area contributed by atoms with Crippen molar-refractivity contribution in [2.75, 3.05) is 0 Å². The first-order valence-electron chi connectivity index (χ1n) is 16.6. The minimum absolute atomic E-state index is 0.878. The third kappa shape index (κ3) is 8.54. The van der Waals surface area contributed by atoms with Gasteiger partial charge in [-0.3, -0.25) is 9.98 Å². The van der Waals surface area contributed by atoms with Crippen molar-refractivity contribution in [3.05, 3.63) is 132 Å². The van der Waals surface area contributed by atoms with Crippen LogP contribution in [0.5, 0.6) is 0 Å². The molecule has 0 unspecified atom stereocenters. The Hall–Kier alpha value is -4.56. The molecule has 0 heterocycles. The average Bonchev–Trinajstić information content (AvgIpc) is 3.06. The van der Waals surface area contributed by atoms with Crippen LogP contribution in [-0.2, 0) is 6.42 Å². The molecule has 0 radical (unpaired) electrons. The van der Waals surface area contributed by atoms with Crippen LogP contribution in [0.4, 0.5) is 11.4 Å². The van der Waals surface area contributed by atoms with Crippen LogP contribution in [0.3, 0.4) is 0 Å². The molecule has 2 nitrogen and oxygen atoms in total. The number of hydrogen-bond acceptors (Lipinski definition) is 2. The van der Waals surface area contributed by atoms with E-state index in [1.165, 1.54) is 88.6 Å². The van der Waals surface area contributed by atoms with Crippen LogP contribution in [0.1, 0.15) is 69.1 Å². The molecule has 0 fully saturated rings. The lowest BCUT2D eigenvalue weighted by Gasteiger charge is -2.15. The van der Waals surface area contributed by atoms with E-state index in [1.54, 1.807) is 0 Å². The van der Waals surface area contributed by atoms with Crippen LogP contribution in [0, 0.1) is 13.8 Å². The van der Waals surface area contributed by atoms with Crippen molar-refractivity contribution >= 4 is 23.3 Å². The van der Waals surface area contributed by atoms with Crippen LogP contribution in [0.2, 0.25) is 0 Å². The molecule has 5 aromatic rings. The van der Waals surface area contributed by atoms with Gasteiger partial charge >= 0.3 is 0 Å². The summed E-state index contributed by atoms with van der Waals surface area (Å²) in [5.74, 6) is 0. The highest BCUT2D eigenvalue weighted by Crippen LogP contribution is 2.38. The third-order valence-electron chi connectivity index (χ3n) is 8.44. The van der Waals surface area contributed by atoms with Crippen molar-refractivity contribution in [3.63, 3.8) is 0 Å². The Balaban J connectivity index is 1.43. The number of aryl methyl sites for hydroxylation is 3. The topological polar surface area (TPSA) is 24.7 Å². The highest BCUT2D eigenvalue weighted by Gasteiger charge is 2.13. The first-order chi connectivity index (χ1) is 22.0. The molecule has 0 aliphatic heterocycles. The van der Waals surface area contributed by atoms with Crippen LogP contribution >= 0.6 is 0 Å². The Kier molecular flexibility index (Phi) is 11.3. The molecule has 0 spiro atoms. The lowest BCUT2D eigenvalue weighted by molar-refractivity contribution is 0.608. The molecule has 0 amide bonds. The summed E-state index contributed by atoms with van der Waals surface area (Å²) < 4.78 is 0. The summed E-state index contributed by atoms with van der Waals surface area (Å²) in [5, 5.41) is 0. The second kappa shape index (κ2) is 16.0. The molecule has 2 heteroatoms. The Morgan fingerprint density at radius 2 is 1.11 bits per heavy atom. The number of benzene rings is 5. The molecular weight excluding hydrogens is 544 g/mol. The molecule has 0 aliphatic carbocycles. The molecular formula is C43H46N2. The van der Waals surface area contributed by atoms with E-state index in [9.17, 15) is 0 Å². The molecule has 45 heavy (non-hydrogen) atoms. The first kappa shape index (κ1) is 31.9. The van der Waals surface area contributed by atoms with Gasteiger partial charge in [-0.05, 0) is 108 Å². The van der Waals surface area contributed by atoms with Crippen molar-refractivity contribution in [1.82, 2.24) is 0 Å². The zero-order chi connectivity index (χ0) is 31.4. The van der Waals surface area contributed by atoms with E-state index >= 15 is 0 Å². The molecule has 0 bridgehead atoms. The third-order valence-corrected chi connectivity index (χ3v) is 8.44. The normalized spacial score (nSPS) is 11.8. The lowest BCUT2D eigenvalue weighted by atomic mass is 9.90. The van der Waals surface area contributed by atoms with Gasteiger partial charge in [0.25, 0.3) is 0 Å².